The van der Waals surface area contributed by atoms with E-state index < -0.39 is 0 Å². The molecule has 26 heavy (non-hydrogen) atoms. The van der Waals surface area contributed by atoms with E-state index in [2.05, 4.69) is 10.6 Å². The van der Waals surface area contributed by atoms with E-state index in [-0.39, 0.29) is 11.8 Å². The molecule has 2 aromatic carbocycles. The van der Waals surface area contributed by atoms with Crippen molar-refractivity contribution in [2.24, 2.45) is 0 Å². The average Bonchev–Trinajstić information content (AvgIpc) is 2.66. The molecule has 0 spiro atoms. The molecule has 0 unspecified atom stereocenters. The van der Waals surface area contributed by atoms with Crippen molar-refractivity contribution in [3.63, 3.8) is 0 Å². The Kier molecular flexibility index (Phi) is 7.17. The van der Waals surface area contributed by atoms with Crippen LogP contribution in [0.15, 0.2) is 48.5 Å². The monoisotopic (exact) mass is 355 g/mol. The van der Waals surface area contributed by atoms with Gasteiger partial charge in [-0.3, -0.25) is 9.59 Å². The summed E-state index contributed by atoms with van der Waals surface area (Å²) in [5.41, 5.74) is 1.94. The number of nitrogens with zero attached hydrogens (tertiary/aromatic N) is 1. The summed E-state index contributed by atoms with van der Waals surface area (Å²) in [5.74, 6) is 0.390. The van der Waals surface area contributed by atoms with Crippen LogP contribution in [0.25, 0.3) is 0 Å². The number of methoxy groups -OCH3 is 1. The number of amides is 2. The minimum atomic E-state index is -0.199. The second-order valence-corrected chi connectivity index (χ2v) is 6.13. The molecule has 6 nitrogen and oxygen atoms in total. The molecule has 6 heteroatoms. The van der Waals surface area contributed by atoms with Crippen molar-refractivity contribution in [1.82, 2.24) is 15.5 Å². The molecule has 0 bridgehead atoms. The van der Waals surface area contributed by atoms with Crippen molar-refractivity contribution in [3.8, 4) is 5.75 Å². The van der Waals surface area contributed by atoms with Crippen molar-refractivity contribution < 1.29 is 14.3 Å². The highest BCUT2D eigenvalue weighted by atomic mass is 16.5. The Balaban J connectivity index is 1.91. The Morgan fingerprint density at radius 2 is 1.50 bits per heavy atom. The molecule has 0 atom stereocenters. The highest BCUT2D eigenvalue weighted by Gasteiger charge is 2.10. The fraction of sp³-hybridized carbons (Fsp3) is 0.300. The van der Waals surface area contributed by atoms with Gasteiger partial charge in [0.15, 0.2) is 0 Å². The highest BCUT2D eigenvalue weighted by Crippen LogP contribution is 2.17. The van der Waals surface area contributed by atoms with E-state index in [1.165, 1.54) is 0 Å². The molecule has 2 N–H and O–H groups in total. The van der Waals surface area contributed by atoms with Crippen LogP contribution in [0, 0.1) is 0 Å². The first-order chi connectivity index (χ1) is 12.5. The van der Waals surface area contributed by atoms with Gasteiger partial charge in [0.2, 0.25) is 0 Å². The summed E-state index contributed by atoms with van der Waals surface area (Å²) < 4.78 is 5.27. The van der Waals surface area contributed by atoms with Crippen LogP contribution in [0.2, 0.25) is 0 Å². The number of likely N-dealkylation sites (N-methyl/N-ethyl adjacent to an activating group) is 1. The van der Waals surface area contributed by atoms with Gasteiger partial charge in [0.1, 0.15) is 5.75 Å². The largest absolute Gasteiger partial charge is 0.496 e. The zero-order chi connectivity index (χ0) is 18.9. The molecule has 0 aliphatic rings. The average molecular weight is 355 g/mol. The summed E-state index contributed by atoms with van der Waals surface area (Å²) in [7, 11) is 5.50. The molecule has 2 rings (SSSR count). The Labute approximate surface area is 154 Å². The summed E-state index contributed by atoms with van der Waals surface area (Å²) in [6, 6.07) is 14.1. The Morgan fingerprint density at radius 1 is 0.923 bits per heavy atom. The zero-order valence-corrected chi connectivity index (χ0v) is 15.4. The summed E-state index contributed by atoms with van der Waals surface area (Å²) in [6.07, 6.45) is 0. The van der Waals surface area contributed by atoms with E-state index in [4.69, 9.17) is 4.74 Å². The molecular formula is C20H25N3O3. The Morgan fingerprint density at radius 3 is 2.08 bits per heavy atom. The second kappa shape index (κ2) is 9.58. The third-order valence-corrected chi connectivity index (χ3v) is 3.89. The van der Waals surface area contributed by atoms with Crippen molar-refractivity contribution in [2.75, 3.05) is 34.3 Å². The molecule has 0 aliphatic heterocycles. The van der Waals surface area contributed by atoms with Crippen LogP contribution in [-0.2, 0) is 6.54 Å². The SMILES string of the molecule is COc1ccccc1CNC(=O)c1ccc(C(=O)NCCN(C)C)cc1. The number of hydrogen-bond donors (Lipinski definition) is 2. The Bertz CT molecular complexity index is 742. The van der Waals surface area contributed by atoms with E-state index in [9.17, 15) is 9.59 Å². The number of benzene rings is 2. The summed E-state index contributed by atoms with van der Waals surface area (Å²) in [5, 5.41) is 5.70. The smallest absolute Gasteiger partial charge is 0.251 e. The van der Waals surface area contributed by atoms with Crippen LogP contribution in [0.4, 0.5) is 0 Å². The van der Waals surface area contributed by atoms with E-state index in [0.717, 1.165) is 17.9 Å². The lowest BCUT2D eigenvalue weighted by Crippen LogP contribution is -2.31. The fourth-order valence-corrected chi connectivity index (χ4v) is 2.39. The van der Waals surface area contributed by atoms with Crippen molar-refractivity contribution >= 4 is 11.8 Å². The topological polar surface area (TPSA) is 70.7 Å². The van der Waals surface area contributed by atoms with Crippen LogP contribution < -0.4 is 15.4 Å². The molecule has 2 aromatic rings. The van der Waals surface area contributed by atoms with Gasteiger partial charge in [-0.2, -0.15) is 0 Å². The third kappa shape index (κ3) is 5.60. The minimum Gasteiger partial charge on any atom is -0.496 e. The lowest BCUT2D eigenvalue weighted by atomic mass is 10.1. The van der Waals surface area contributed by atoms with Crippen molar-refractivity contribution in [3.05, 3.63) is 65.2 Å². The number of ether oxygens (including phenoxy) is 1. The number of carbonyl (C=O) groups excluding carboxylic acids is 2. The number of rotatable bonds is 8. The van der Waals surface area contributed by atoms with E-state index in [1.807, 2.05) is 43.3 Å². The predicted octanol–water partition coefficient (Wildman–Crippen LogP) is 1.92. The van der Waals surface area contributed by atoms with Crippen LogP contribution in [0.1, 0.15) is 26.3 Å². The normalized spacial score (nSPS) is 10.5. The second-order valence-electron chi connectivity index (χ2n) is 6.13. The standard InChI is InChI=1S/C20H25N3O3/c1-23(2)13-12-21-19(24)15-8-10-16(11-9-15)20(25)22-14-17-6-4-5-7-18(17)26-3/h4-11H,12-14H2,1-3H3,(H,21,24)(H,22,25). The quantitative estimate of drug-likeness (QED) is 0.759. The number of hydrogen-bond acceptors (Lipinski definition) is 4. The first-order valence-electron chi connectivity index (χ1n) is 8.44. The molecule has 2 amide bonds. The lowest BCUT2D eigenvalue weighted by molar-refractivity contribution is 0.0939. The van der Waals surface area contributed by atoms with Crippen molar-refractivity contribution in [2.45, 2.75) is 6.54 Å². The van der Waals surface area contributed by atoms with Crippen LogP contribution in [0.5, 0.6) is 5.75 Å². The van der Waals surface area contributed by atoms with Crippen LogP contribution in [0.3, 0.4) is 0 Å². The van der Waals surface area contributed by atoms with E-state index in [0.29, 0.717) is 24.2 Å². The van der Waals surface area contributed by atoms with Gasteiger partial charge in [0, 0.05) is 36.3 Å². The highest BCUT2D eigenvalue weighted by molar-refractivity contribution is 5.97. The molecule has 0 saturated carbocycles. The van der Waals surface area contributed by atoms with Gasteiger partial charge < -0.3 is 20.3 Å². The predicted molar refractivity (Wildman–Crippen MR) is 101 cm³/mol. The maximum Gasteiger partial charge on any atom is 0.251 e. The maximum absolute atomic E-state index is 12.3. The Hall–Kier alpha value is -2.86. The van der Waals surface area contributed by atoms with Crippen molar-refractivity contribution in [1.29, 1.82) is 0 Å². The molecule has 0 radical (unpaired) electrons. The van der Waals surface area contributed by atoms with E-state index in [1.54, 1.807) is 31.4 Å². The van der Waals surface area contributed by atoms with Gasteiger partial charge >= 0.3 is 0 Å². The summed E-state index contributed by atoms with van der Waals surface area (Å²) in [4.78, 5) is 26.3. The molecule has 0 fully saturated rings. The first-order valence-corrected chi connectivity index (χ1v) is 8.44. The van der Waals surface area contributed by atoms with Gasteiger partial charge in [0.05, 0.1) is 7.11 Å². The summed E-state index contributed by atoms with van der Waals surface area (Å²) >= 11 is 0. The molecule has 0 saturated heterocycles. The van der Waals surface area contributed by atoms with Gasteiger partial charge in [-0.1, -0.05) is 18.2 Å². The molecule has 0 heterocycles. The minimum absolute atomic E-state index is 0.146. The summed E-state index contributed by atoms with van der Waals surface area (Å²) in [6.45, 7) is 1.72. The lowest BCUT2D eigenvalue weighted by Gasteiger charge is -2.11. The molecular weight excluding hydrogens is 330 g/mol. The van der Waals surface area contributed by atoms with Gasteiger partial charge in [-0.05, 0) is 44.4 Å². The van der Waals surface area contributed by atoms with Gasteiger partial charge in [0.25, 0.3) is 11.8 Å². The molecule has 0 aromatic heterocycles. The molecule has 0 aliphatic carbocycles. The number of para-hydroxylation sites is 1. The first kappa shape index (κ1) is 19.5. The molecule has 138 valence electrons. The van der Waals surface area contributed by atoms with Gasteiger partial charge in [-0.25, -0.2) is 0 Å². The maximum atomic E-state index is 12.3. The van der Waals surface area contributed by atoms with Crippen LogP contribution >= 0.6 is 0 Å². The number of nitrogens with one attached hydrogen (secondary N) is 2. The third-order valence-electron chi connectivity index (χ3n) is 3.89. The van der Waals surface area contributed by atoms with Gasteiger partial charge in [-0.15, -0.1) is 0 Å². The fourth-order valence-electron chi connectivity index (χ4n) is 2.39. The van der Waals surface area contributed by atoms with Crippen LogP contribution in [-0.4, -0.2) is 51.0 Å². The van der Waals surface area contributed by atoms with E-state index >= 15 is 0 Å². The number of carbonyl (C=O) groups is 2. The zero-order valence-electron chi connectivity index (χ0n) is 15.4.